The molecule has 23 heavy (non-hydrogen) atoms. The Morgan fingerprint density at radius 1 is 1.35 bits per heavy atom. The van der Waals surface area contributed by atoms with Gasteiger partial charge in [0.05, 0.1) is 17.6 Å². The van der Waals surface area contributed by atoms with Gasteiger partial charge in [-0.05, 0) is 12.5 Å². The number of hydrogen-bond donors (Lipinski definition) is 2. The molecule has 0 atom stereocenters. The largest absolute Gasteiger partial charge is 0.351 e. The van der Waals surface area contributed by atoms with Gasteiger partial charge in [-0.3, -0.25) is 4.79 Å². The van der Waals surface area contributed by atoms with E-state index in [9.17, 15) is 4.79 Å². The van der Waals surface area contributed by atoms with Crippen LogP contribution in [0.3, 0.4) is 0 Å². The highest BCUT2D eigenvalue weighted by Crippen LogP contribution is 2.25. The molecule has 0 bridgehead atoms. The number of carbonyl (C=O) groups excluding carboxylic acids is 1. The van der Waals surface area contributed by atoms with Crippen LogP contribution in [0.2, 0.25) is 0 Å². The van der Waals surface area contributed by atoms with Crippen LogP contribution >= 0.6 is 11.3 Å². The van der Waals surface area contributed by atoms with E-state index in [1.807, 2.05) is 6.92 Å². The zero-order valence-corrected chi connectivity index (χ0v) is 13.3. The predicted octanol–water partition coefficient (Wildman–Crippen LogP) is 1.25. The standard InChI is InChI=1S/C14H15N7OS/c1-2-10-11(13(22)17-7-4-9-8-18-21-20-9)23-14(19-10)12-15-5-3-6-16-12/h3,5-6,8H,2,4,7H2,1H3,(H,17,22)(H,18,20,21). The molecule has 0 radical (unpaired) electrons. The molecule has 2 N–H and O–H groups in total. The molecule has 0 spiro atoms. The number of hydrogen-bond acceptors (Lipinski definition) is 7. The zero-order chi connectivity index (χ0) is 16.1. The lowest BCUT2D eigenvalue weighted by molar-refractivity contribution is 0.0957. The van der Waals surface area contributed by atoms with E-state index in [-0.39, 0.29) is 5.91 Å². The molecule has 9 heteroatoms. The SMILES string of the molecule is CCc1nc(-c2ncccn2)sc1C(=O)NCCc1cn[nH]n1. The van der Waals surface area contributed by atoms with E-state index in [0.29, 0.717) is 35.1 Å². The molecule has 118 valence electrons. The third kappa shape index (κ3) is 3.57. The maximum atomic E-state index is 12.4. The molecule has 3 aromatic heterocycles. The number of carbonyl (C=O) groups is 1. The van der Waals surface area contributed by atoms with Gasteiger partial charge in [-0.1, -0.05) is 6.92 Å². The van der Waals surface area contributed by atoms with Crippen LogP contribution in [0.25, 0.3) is 10.8 Å². The summed E-state index contributed by atoms with van der Waals surface area (Å²) in [6.07, 6.45) is 6.26. The number of thiazole rings is 1. The van der Waals surface area contributed by atoms with Crippen molar-refractivity contribution < 1.29 is 4.79 Å². The lowest BCUT2D eigenvalue weighted by Gasteiger charge is -2.02. The van der Waals surface area contributed by atoms with Crippen molar-refractivity contribution in [3.8, 4) is 10.8 Å². The van der Waals surface area contributed by atoms with Crippen molar-refractivity contribution in [3.63, 3.8) is 0 Å². The third-order valence-corrected chi connectivity index (χ3v) is 4.22. The van der Waals surface area contributed by atoms with Crippen molar-refractivity contribution in [2.45, 2.75) is 19.8 Å². The quantitative estimate of drug-likeness (QED) is 0.704. The number of aromatic amines is 1. The summed E-state index contributed by atoms with van der Waals surface area (Å²) in [6.45, 7) is 2.46. The van der Waals surface area contributed by atoms with E-state index < -0.39 is 0 Å². The topological polar surface area (TPSA) is 109 Å². The highest BCUT2D eigenvalue weighted by atomic mass is 32.1. The van der Waals surface area contributed by atoms with Crippen LogP contribution in [0.15, 0.2) is 24.7 Å². The van der Waals surface area contributed by atoms with Gasteiger partial charge in [0.25, 0.3) is 5.91 Å². The van der Waals surface area contributed by atoms with Crippen LogP contribution < -0.4 is 5.32 Å². The van der Waals surface area contributed by atoms with Crippen molar-refractivity contribution >= 4 is 17.2 Å². The van der Waals surface area contributed by atoms with Gasteiger partial charge < -0.3 is 5.32 Å². The summed E-state index contributed by atoms with van der Waals surface area (Å²) in [6, 6.07) is 1.75. The van der Waals surface area contributed by atoms with Gasteiger partial charge in [0.15, 0.2) is 10.8 Å². The van der Waals surface area contributed by atoms with Crippen LogP contribution in [0.4, 0.5) is 0 Å². The number of amides is 1. The molecular formula is C14H15N7OS. The highest BCUT2D eigenvalue weighted by molar-refractivity contribution is 7.17. The Balaban J connectivity index is 1.71. The molecule has 0 aliphatic heterocycles. The molecule has 3 rings (SSSR count). The summed E-state index contributed by atoms with van der Waals surface area (Å²) in [4.78, 5) is 25.8. The first-order chi connectivity index (χ1) is 11.3. The molecule has 3 heterocycles. The fourth-order valence-electron chi connectivity index (χ4n) is 2.00. The van der Waals surface area contributed by atoms with E-state index >= 15 is 0 Å². The molecule has 0 fully saturated rings. The van der Waals surface area contributed by atoms with E-state index in [0.717, 1.165) is 11.4 Å². The van der Waals surface area contributed by atoms with Crippen molar-refractivity contribution in [2.75, 3.05) is 6.54 Å². The number of aromatic nitrogens is 6. The number of nitrogens with zero attached hydrogens (tertiary/aromatic N) is 5. The third-order valence-electron chi connectivity index (χ3n) is 3.13. The van der Waals surface area contributed by atoms with Crippen LogP contribution in [-0.4, -0.2) is 42.8 Å². The summed E-state index contributed by atoms with van der Waals surface area (Å²) in [5.41, 5.74) is 1.57. The second kappa shape index (κ2) is 7.05. The average Bonchev–Trinajstić information content (AvgIpc) is 3.25. The van der Waals surface area contributed by atoms with Crippen LogP contribution in [0, 0.1) is 0 Å². The number of nitrogens with one attached hydrogen (secondary N) is 2. The molecule has 3 aromatic rings. The smallest absolute Gasteiger partial charge is 0.263 e. The minimum absolute atomic E-state index is 0.134. The maximum absolute atomic E-state index is 12.4. The van der Waals surface area contributed by atoms with Gasteiger partial charge >= 0.3 is 0 Å². The molecule has 0 saturated heterocycles. The monoisotopic (exact) mass is 329 g/mol. The Bertz CT molecular complexity index is 770. The zero-order valence-electron chi connectivity index (χ0n) is 12.5. The maximum Gasteiger partial charge on any atom is 0.263 e. The molecule has 0 aliphatic carbocycles. The van der Waals surface area contributed by atoms with Crippen molar-refractivity contribution in [3.05, 3.63) is 40.9 Å². The van der Waals surface area contributed by atoms with E-state index in [1.165, 1.54) is 11.3 Å². The Kier molecular flexibility index (Phi) is 4.67. The Hall–Kier alpha value is -2.68. The summed E-state index contributed by atoms with van der Waals surface area (Å²) in [5, 5.41) is 13.8. The Labute approximate surface area is 136 Å². The normalized spacial score (nSPS) is 10.7. The lowest BCUT2D eigenvalue weighted by Crippen LogP contribution is -2.25. The lowest BCUT2D eigenvalue weighted by atomic mass is 10.2. The minimum atomic E-state index is -0.134. The molecule has 8 nitrogen and oxygen atoms in total. The fraction of sp³-hybridized carbons (Fsp3) is 0.286. The molecule has 0 aromatic carbocycles. The predicted molar refractivity (Wildman–Crippen MR) is 84.9 cm³/mol. The molecule has 1 amide bonds. The first-order valence-corrected chi connectivity index (χ1v) is 7.99. The number of H-pyrrole nitrogens is 1. The summed E-state index contributed by atoms with van der Waals surface area (Å²) < 4.78 is 0. The number of aryl methyl sites for hydroxylation is 1. The van der Waals surface area contributed by atoms with Crippen LogP contribution in [0.5, 0.6) is 0 Å². The molecule has 0 aliphatic rings. The van der Waals surface area contributed by atoms with Gasteiger partial charge in [0, 0.05) is 25.4 Å². The first kappa shape index (κ1) is 15.2. The van der Waals surface area contributed by atoms with Crippen molar-refractivity contribution in [1.82, 2.24) is 35.7 Å². The van der Waals surface area contributed by atoms with E-state index in [4.69, 9.17) is 0 Å². The van der Waals surface area contributed by atoms with Gasteiger partial charge in [-0.15, -0.1) is 11.3 Å². The summed E-state index contributed by atoms with van der Waals surface area (Å²) in [5.74, 6) is 0.402. The van der Waals surface area contributed by atoms with E-state index in [1.54, 1.807) is 24.7 Å². The minimum Gasteiger partial charge on any atom is -0.351 e. The van der Waals surface area contributed by atoms with Crippen LogP contribution in [-0.2, 0) is 12.8 Å². The first-order valence-electron chi connectivity index (χ1n) is 7.18. The second-order valence-electron chi connectivity index (χ2n) is 4.69. The van der Waals surface area contributed by atoms with Crippen molar-refractivity contribution in [2.24, 2.45) is 0 Å². The number of rotatable bonds is 6. The molecular weight excluding hydrogens is 314 g/mol. The Morgan fingerprint density at radius 3 is 2.87 bits per heavy atom. The summed E-state index contributed by atoms with van der Waals surface area (Å²) >= 11 is 1.31. The second-order valence-corrected chi connectivity index (χ2v) is 5.69. The van der Waals surface area contributed by atoms with Crippen molar-refractivity contribution in [1.29, 1.82) is 0 Å². The van der Waals surface area contributed by atoms with Crippen LogP contribution in [0.1, 0.15) is 28.0 Å². The average molecular weight is 329 g/mol. The van der Waals surface area contributed by atoms with Gasteiger partial charge in [0.2, 0.25) is 0 Å². The Morgan fingerprint density at radius 2 is 2.17 bits per heavy atom. The highest BCUT2D eigenvalue weighted by Gasteiger charge is 2.18. The van der Waals surface area contributed by atoms with Gasteiger partial charge in [-0.2, -0.15) is 15.4 Å². The van der Waals surface area contributed by atoms with Gasteiger partial charge in [0.1, 0.15) is 4.88 Å². The molecule has 0 unspecified atom stereocenters. The fourth-order valence-corrected chi connectivity index (χ4v) is 3.02. The summed E-state index contributed by atoms with van der Waals surface area (Å²) in [7, 11) is 0. The molecule has 0 saturated carbocycles. The van der Waals surface area contributed by atoms with Gasteiger partial charge in [-0.25, -0.2) is 15.0 Å². The van der Waals surface area contributed by atoms with E-state index in [2.05, 4.69) is 35.7 Å².